The fraction of sp³-hybridized carbons (Fsp3) is 0.529. The van der Waals surface area contributed by atoms with E-state index in [9.17, 15) is 18.1 Å². The van der Waals surface area contributed by atoms with Gasteiger partial charge in [0.1, 0.15) is 9.71 Å². The summed E-state index contributed by atoms with van der Waals surface area (Å²) in [5.41, 5.74) is -4.46. The van der Waals surface area contributed by atoms with E-state index < -0.39 is 24.8 Å². The highest BCUT2D eigenvalue weighted by Gasteiger charge is 2.55. The second kappa shape index (κ2) is 9.19. The molecule has 0 aliphatic rings. The Hall–Kier alpha value is -1.41. The number of aromatic nitrogens is 1. The van der Waals surface area contributed by atoms with Gasteiger partial charge in [0.2, 0.25) is 0 Å². The van der Waals surface area contributed by atoms with Crippen LogP contribution in [0.4, 0.5) is 8.78 Å². The Morgan fingerprint density at radius 2 is 1.89 bits per heavy atom. The minimum Gasteiger partial charge on any atom is -0.462 e. The van der Waals surface area contributed by atoms with E-state index in [0.717, 1.165) is 36.4 Å². The molecule has 0 spiro atoms. The van der Waals surface area contributed by atoms with E-state index in [1.165, 1.54) is 19.9 Å². The Labute approximate surface area is 160 Å². The normalized spacial score (nSPS) is 12.5. The smallest absolute Gasteiger partial charge is 0.404 e. The Balaban J connectivity index is 2.34. The molecule has 0 atom stereocenters. The number of esters is 1. The van der Waals surface area contributed by atoms with Crippen LogP contribution in [0.1, 0.15) is 48.8 Å². The second-order valence-corrected chi connectivity index (χ2v) is 8.70. The average Bonchev–Trinajstić information content (AvgIpc) is 3.05. The van der Waals surface area contributed by atoms with Crippen molar-refractivity contribution < 1.29 is 31.9 Å². The molecule has 6 nitrogen and oxygen atoms in total. The van der Waals surface area contributed by atoms with Crippen molar-refractivity contribution >= 4 is 35.1 Å². The van der Waals surface area contributed by atoms with Gasteiger partial charge < -0.3 is 13.8 Å². The number of unbranched alkanes of at least 4 members (excludes halogenated alkanes) is 1. The van der Waals surface area contributed by atoms with Crippen LogP contribution >= 0.6 is 18.9 Å². The maximum atomic E-state index is 14.8. The minimum atomic E-state index is -4.71. The Morgan fingerprint density at radius 1 is 1.22 bits per heavy atom. The van der Waals surface area contributed by atoms with Crippen molar-refractivity contribution in [1.29, 1.82) is 0 Å². The molecule has 0 N–H and O–H groups in total. The predicted molar refractivity (Wildman–Crippen MR) is 99.6 cm³/mol. The van der Waals surface area contributed by atoms with Gasteiger partial charge in [0.05, 0.1) is 25.4 Å². The van der Waals surface area contributed by atoms with Crippen molar-refractivity contribution in [2.24, 2.45) is 0 Å². The number of fused-ring (bicyclic) bond motifs is 1. The van der Waals surface area contributed by atoms with Gasteiger partial charge in [0.25, 0.3) is 0 Å². The first kappa shape index (κ1) is 21.9. The summed E-state index contributed by atoms with van der Waals surface area (Å²) < 4.78 is 56.9. The highest BCUT2D eigenvalue weighted by molar-refractivity contribution is 7.54. The number of nitrogens with zero attached hydrogens (tertiary/aromatic N) is 1. The predicted octanol–water partition coefficient (Wildman–Crippen LogP) is 5.57. The number of carbonyl (C=O) groups is 1. The molecule has 2 aromatic rings. The van der Waals surface area contributed by atoms with E-state index >= 15 is 0 Å². The summed E-state index contributed by atoms with van der Waals surface area (Å²) in [6.45, 7) is 4.81. The molecule has 0 radical (unpaired) electrons. The molecule has 0 unspecified atom stereocenters. The van der Waals surface area contributed by atoms with Crippen LogP contribution in [0.3, 0.4) is 0 Å². The number of hydrogen-bond acceptors (Lipinski definition) is 7. The van der Waals surface area contributed by atoms with Gasteiger partial charge in [-0.05, 0) is 32.4 Å². The van der Waals surface area contributed by atoms with Gasteiger partial charge >= 0.3 is 19.2 Å². The number of hydrogen-bond donors (Lipinski definition) is 0. The van der Waals surface area contributed by atoms with E-state index in [0.29, 0.717) is 16.8 Å². The number of carbonyl (C=O) groups excluding carboxylic acids is 1. The lowest BCUT2D eigenvalue weighted by molar-refractivity contribution is 0.0359. The maximum Gasteiger partial charge on any atom is 0.404 e. The van der Waals surface area contributed by atoms with Gasteiger partial charge in [-0.1, -0.05) is 13.3 Å². The lowest BCUT2D eigenvalue weighted by Gasteiger charge is -2.25. The first-order valence-electron chi connectivity index (χ1n) is 8.63. The Bertz CT molecular complexity index is 832. The van der Waals surface area contributed by atoms with Gasteiger partial charge in [-0.2, -0.15) is 8.78 Å². The number of pyridine rings is 1. The molecule has 0 fully saturated rings. The van der Waals surface area contributed by atoms with E-state index in [-0.39, 0.29) is 18.1 Å². The monoisotopic (exact) mass is 421 g/mol. The number of halogens is 2. The van der Waals surface area contributed by atoms with Crippen LogP contribution in [0.5, 0.6) is 0 Å². The van der Waals surface area contributed by atoms with Crippen molar-refractivity contribution in [3.8, 4) is 0 Å². The molecule has 10 heteroatoms. The number of ether oxygens (including phenoxy) is 1. The van der Waals surface area contributed by atoms with E-state index in [1.807, 2.05) is 6.92 Å². The van der Waals surface area contributed by atoms with Crippen LogP contribution < -0.4 is 0 Å². The van der Waals surface area contributed by atoms with E-state index in [2.05, 4.69) is 4.98 Å². The summed E-state index contributed by atoms with van der Waals surface area (Å²) in [7, 11) is -4.71. The summed E-state index contributed by atoms with van der Waals surface area (Å²) in [5, 5.41) is 0.333. The highest BCUT2D eigenvalue weighted by Crippen LogP contribution is 2.66. The first-order chi connectivity index (χ1) is 12.8. The Morgan fingerprint density at radius 3 is 2.48 bits per heavy atom. The lowest BCUT2D eigenvalue weighted by Crippen LogP contribution is -2.18. The topological polar surface area (TPSA) is 74.7 Å². The third-order valence-electron chi connectivity index (χ3n) is 3.59. The van der Waals surface area contributed by atoms with Crippen LogP contribution in [-0.2, 0) is 24.0 Å². The molecule has 2 heterocycles. The van der Waals surface area contributed by atoms with Crippen molar-refractivity contribution in [3.63, 3.8) is 0 Å². The fourth-order valence-corrected chi connectivity index (χ4v) is 4.67. The number of thiophene rings is 1. The quantitative estimate of drug-likeness (QED) is 0.284. The molecular formula is C17H22F2NO5PS. The fourth-order valence-electron chi connectivity index (χ4n) is 2.28. The van der Waals surface area contributed by atoms with Gasteiger partial charge in [-0.15, -0.1) is 11.3 Å². The van der Waals surface area contributed by atoms with Crippen LogP contribution in [0.2, 0.25) is 0 Å². The molecule has 0 saturated carbocycles. The molecule has 0 aliphatic heterocycles. The maximum absolute atomic E-state index is 14.8. The summed E-state index contributed by atoms with van der Waals surface area (Å²) in [4.78, 5) is 16.7. The molecule has 0 amide bonds. The summed E-state index contributed by atoms with van der Waals surface area (Å²) in [6.07, 6.45) is 2.56. The minimum absolute atomic E-state index is 0.186. The molecule has 0 aliphatic carbocycles. The first-order valence-corrected chi connectivity index (χ1v) is 11.0. The second-order valence-electron chi connectivity index (χ2n) is 5.59. The third-order valence-corrected chi connectivity index (χ3v) is 6.77. The molecule has 0 saturated heterocycles. The van der Waals surface area contributed by atoms with Gasteiger partial charge in [0, 0.05) is 11.6 Å². The van der Waals surface area contributed by atoms with Crippen LogP contribution in [0, 0.1) is 0 Å². The third kappa shape index (κ3) is 4.71. The largest absolute Gasteiger partial charge is 0.462 e. The zero-order valence-electron chi connectivity index (χ0n) is 15.4. The highest BCUT2D eigenvalue weighted by atomic mass is 32.1. The molecule has 150 valence electrons. The number of rotatable bonds is 10. The molecule has 2 rings (SSSR count). The van der Waals surface area contributed by atoms with E-state index in [4.69, 9.17) is 13.8 Å². The van der Waals surface area contributed by atoms with Gasteiger partial charge in [-0.3, -0.25) is 4.57 Å². The molecule has 2 aromatic heterocycles. The van der Waals surface area contributed by atoms with Gasteiger partial charge in [0.15, 0.2) is 0 Å². The van der Waals surface area contributed by atoms with E-state index in [1.54, 1.807) is 0 Å². The van der Waals surface area contributed by atoms with Gasteiger partial charge in [-0.25, -0.2) is 9.78 Å². The molecule has 0 bridgehead atoms. The zero-order chi connectivity index (χ0) is 20.1. The standard InChI is InChI=1S/C17H22F2NO5PS/c1-4-7-8-23-16(21)14-10-12-9-13(11-20-15(12)27-14)17(18,19)26(22,24-5-2)25-6-3/h9-11H,4-8H2,1-3H3. The molecule has 0 aromatic carbocycles. The Kier molecular flexibility index (Phi) is 7.45. The van der Waals surface area contributed by atoms with Crippen molar-refractivity contribution in [3.05, 3.63) is 28.8 Å². The lowest BCUT2D eigenvalue weighted by atomic mass is 10.2. The average molecular weight is 421 g/mol. The SMILES string of the molecule is CCCCOC(=O)c1cc2cc(C(F)(F)P(=O)(OCC)OCC)cnc2s1. The molecule has 27 heavy (non-hydrogen) atoms. The van der Waals surface area contributed by atoms with Crippen LogP contribution in [0.15, 0.2) is 18.3 Å². The van der Waals surface area contributed by atoms with Crippen LogP contribution in [0.25, 0.3) is 10.2 Å². The molecular weight excluding hydrogens is 399 g/mol. The number of alkyl halides is 2. The summed E-state index contributed by atoms with van der Waals surface area (Å²) >= 11 is 1.05. The zero-order valence-corrected chi connectivity index (χ0v) is 17.1. The van der Waals surface area contributed by atoms with Crippen molar-refractivity contribution in [1.82, 2.24) is 4.98 Å². The van der Waals surface area contributed by atoms with Crippen molar-refractivity contribution in [2.75, 3.05) is 19.8 Å². The summed E-state index contributed by atoms with van der Waals surface area (Å²) in [6, 6.07) is 2.58. The van der Waals surface area contributed by atoms with Crippen LogP contribution in [-0.4, -0.2) is 30.8 Å². The van der Waals surface area contributed by atoms with Crippen molar-refractivity contribution in [2.45, 2.75) is 39.3 Å². The summed E-state index contributed by atoms with van der Waals surface area (Å²) in [5.74, 6) is -0.519.